The Balaban J connectivity index is 1.48. The smallest absolute Gasteiger partial charge is 0.405 e. The van der Waals surface area contributed by atoms with Crippen LogP contribution in [0.1, 0.15) is 22.8 Å². The minimum absolute atomic E-state index is 0.641. The molecule has 0 saturated carbocycles. The number of hydrogen-bond acceptors (Lipinski definition) is 6. The largest absolute Gasteiger partial charge is 0.437 e. The van der Waals surface area contributed by atoms with Gasteiger partial charge in [-0.2, -0.15) is 10.2 Å². The lowest BCUT2D eigenvalue weighted by Gasteiger charge is -2.19. The van der Waals surface area contributed by atoms with E-state index in [0.717, 1.165) is 71.1 Å². The van der Waals surface area contributed by atoms with Gasteiger partial charge in [-0.1, -0.05) is 18.2 Å². The minimum atomic E-state index is -0.824. The number of aromatic amines is 1. The second-order valence-electron chi connectivity index (χ2n) is 9.48. The lowest BCUT2D eigenvalue weighted by Crippen LogP contribution is -2.18. The normalized spacial score (nSPS) is 14.0. The zero-order chi connectivity index (χ0) is 25.3. The maximum absolute atomic E-state index is 11.9. The van der Waals surface area contributed by atoms with Gasteiger partial charge in [-0.25, -0.2) is 4.79 Å². The number of H-pyrrole nitrogens is 1. The van der Waals surface area contributed by atoms with E-state index in [-0.39, 0.29) is 0 Å². The predicted molar refractivity (Wildman–Crippen MR) is 147 cm³/mol. The zero-order valence-corrected chi connectivity index (χ0v) is 20.2. The molecule has 8 heteroatoms. The van der Waals surface area contributed by atoms with Crippen molar-refractivity contribution >= 4 is 68.7 Å². The standard InChI is InChI=1S/C29H22N6O2/c1-35(2)17-6-3-15(4-7-17)28(37-29(30)36)16-5-9-23-19(11-16)26-21-13-31-12-20(21)25-18(27(26)33-23)8-10-24-22(25)14-32-34-24/h3-14,28,33H,1-2H3,(H2,30,36). The van der Waals surface area contributed by atoms with Gasteiger partial charge < -0.3 is 20.4 Å². The monoisotopic (exact) mass is 486 g/mol. The average Bonchev–Trinajstić information content (AvgIpc) is 3.64. The van der Waals surface area contributed by atoms with Crippen molar-refractivity contribution in [3.8, 4) is 0 Å². The van der Waals surface area contributed by atoms with Crippen molar-refractivity contribution in [1.29, 1.82) is 0 Å². The van der Waals surface area contributed by atoms with Crippen LogP contribution < -0.4 is 21.1 Å². The molecular weight excluding hydrogens is 464 g/mol. The maximum atomic E-state index is 11.9. The third-order valence-electron chi connectivity index (χ3n) is 7.15. The summed E-state index contributed by atoms with van der Waals surface area (Å²) in [5.41, 5.74) is 12.1. The molecule has 5 aromatic rings. The van der Waals surface area contributed by atoms with Gasteiger partial charge in [-0.05, 0) is 47.5 Å². The molecule has 0 aliphatic carbocycles. The number of anilines is 1. The Morgan fingerprint density at radius 1 is 0.946 bits per heavy atom. The van der Waals surface area contributed by atoms with Crippen LogP contribution in [0.15, 0.2) is 69.8 Å². The summed E-state index contributed by atoms with van der Waals surface area (Å²) >= 11 is 0. The van der Waals surface area contributed by atoms with Crippen LogP contribution in [-0.4, -0.2) is 31.4 Å². The Labute approximate surface area is 211 Å². The van der Waals surface area contributed by atoms with E-state index in [2.05, 4.69) is 32.3 Å². The van der Waals surface area contributed by atoms with Crippen molar-refractivity contribution in [3.63, 3.8) is 0 Å². The molecule has 8 nitrogen and oxygen atoms in total. The van der Waals surface area contributed by atoms with Gasteiger partial charge in [0.1, 0.15) is 0 Å². The first-order valence-electron chi connectivity index (χ1n) is 11.9. The first kappa shape index (κ1) is 21.3. The highest BCUT2D eigenvalue weighted by molar-refractivity contribution is 6.22. The maximum Gasteiger partial charge on any atom is 0.405 e. The first-order valence-corrected chi connectivity index (χ1v) is 11.9. The molecule has 2 aliphatic heterocycles. The van der Waals surface area contributed by atoms with Crippen LogP contribution in [0.25, 0.3) is 45.0 Å². The summed E-state index contributed by atoms with van der Waals surface area (Å²) in [5.74, 6) is 0. The van der Waals surface area contributed by atoms with E-state index in [9.17, 15) is 4.79 Å². The number of amides is 1. The second-order valence-corrected chi connectivity index (χ2v) is 9.48. The van der Waals surface area contributed by atoms with Gasteiger partial charge in [0.05, 0.1) is 17.4 Å². The quantitative estimate of drug-likeness (QED) is 0.383. The molecule has 0 fully saturated rings. The van der Waals surface area contributed by atoms with Crippen LogP contribution in [0, 0.1) is 0 Å². The van der Waals surface area contributed by atoms with E-state index in [1.54, 1.807) is 0 Å². The van der Waals surface area contributed by atoms with Gasteiger partial charge in [-0.15, -0.1) is 0 Å². The molecule has 0 saturated heterocycles. The number of fused-ring (bicyclic) bond motifs is 10. The van der Waals surface area contributed by atoms with Crippen LogP contribution >= 0.6 is 0 Å². The number of hydrogen-bond donors (Lipinski definition) is 2. The number of rotatable bonds is 4. The van der Waals surface area contributed by atoms with E-state index >= 15 is 0 Å². The highest BCUT2D eigenvalue weighted by Gasteiger charge is 2.22. The third-order valence-corrected chi connectivity index (χ3v) is 7.15. The van der Waals surface area contributed by atoms with E-state index in [1.807, 2.05) is 80.1 Å². The van der Waals surface area contributed by atoms with Crippen molar-refractivity contribution in [2.75, 3.05) is 19.0 Å². The molecule has 1 atom stereocenters. The predicted octanol–water partition coefficient (Wildman–Crippen LogP) is 4.73. The molecule has 7 rings (SSSR count). The van der Waals surface area contributed by atoms with Crippen LogP contribution in [0.3, 0.4) is 0 Å². The number of aromatic nitrogens is 1. The molecule has 1 unspecified atom stereocenters. The average molecular weight is 487 g/mol. The fourth-order valence-electron chi connectivity index (χ4n) is 5.44. The van der Waals surface area contributed by atoms with E-state index < -0.39 is 12.2 Å². The van der Waals surface area contributed by atoms with Gasteiger partial charge in [-0.3, -0.25) is 4.99 Å². The summed E-state index contributed by atoms with van der Waals surface area (Å²) in [6.45, 7) is 0. The Kier molecular flexibility index (Phi) is 4.47. The number of aliphatic imine (C=N–C) groups is 1. The molecule has 2 aliphatic rings. The van der Waals surface area contributed by atoms with E-state index in [0.29, 0.717) is 0 Å². The van der Waals surface area contributed by atoms with E-state index in [1.165, 1.54) is 0 Å². The van der Waals surface area contributed by atoms with Crippen molar-refractivity contribution in [3.05, 3.63) is 81.7 Å². The third kappa shape index (κ3) is 3.15. The van der Waals surface area contributed by atoms with Crippen LogP contribution in [0.4, 0.5) is 16.2 Å². The molecular formula is C29H22N6O2. The molecule has 1 amide bonds. The number of carbonyl (C=O) groups excluding carboxylic acids is 1. The second kappa shape index (κ2) is 7.76. The SMILES string of the molecule is CN(C)c1ccc(C(OC(N)=O)c2ccc3[nH]c4c5ccc6c(c5c5c(c4c3c2)=CN=C5)=CN=N6)cc1. The summed E-state index contributed by atoms with van der Waals surface area (Å²) in [7, 11) is 3.96. The molecule has 1 aromatic heterocycles. The molecule has 0 bridgehead atoms. The zero-order valence-electron chi connectivity index (χ0n) is 20.2. The molecule has 37 heavy (non-hydrogen) atoms. The van der Waals surface area contributed by atoms with Gasteiger partial charge in [0.15, 0.2) is 6.10 Å². The Hall–Kier alpha value is -4.98. The van der Waals surface area contributed by atoms with Crippen molar-refractivity contribution in [1.82, 2.24) is 4.98 Å². The summed E-state index contributed by atoms with van der Waals surface area (Å²) in [4.78, 5) is 22.0. The van der Waals surface area contributed by atoms with Crippen molar-refractivity contribution < 1.29 is 9.53 Å². The van der Waals surface area contributed by atoms with Crippen LogP contribution in [0.2, 0.25) is 0 Å². The lowest BCUT2D eigenvalue weighted by molar-refractivity contribution is 0.126. The summed E-state index contributed by atoms with van der Waals surface area (Å²) in [6, 6.07) is 18.1. The van der Waals surface area contributed by atoms with Crippen LogP contribution in [0.5, 0.6) is 0 Å². The van der Waals surface area contributed by atoms with Gasteiger partial charge >= 0.3 is 6.09 Å². The number of carbonyl (C=O) groups is 1. The molecule has 180 valence electrons. The Morgan fingerprint density at radius 2 is 1.76 bits per heavy atom. The first-order chi connectivity index (χ1) is 18.0. The summed E-state index contributed by atoms with van der Waals surface area (Å²) < 4.78 is 5.63. The Morgan fingerprint density at radius 3 is 2.54 bits per heavy atom. The van der Waals surface area contributed by atoms with E-state index in [4.69, 9.17) is 10.5 Å². The highest BCUT2D eigenvalue weighted by atomic mass is 16.6. The number of nitrogens with zero attached hydrogens (tertiary/aromatic N) is 4. The molecule has 0 radical (unpaired) electrons. The molecule has 0 spiro atoms. The van der Waals surface area contributed by atoms with Crippen LogP contribution in [-0.2, 0) is 4.74 Å². The molecule has 3 N–H and O–H groups in total. The topological polar surface area (TPSA) is 108 Å². The number of primary amides is 1. The van der Waals surface area contributed by atoms with Gasteiger partial charge in [0.2, 0.25) is 0 Å². The number of nitrogens with one attached hydrogen (secondary N) is 1. The van der Waals surface area contributed by atoms with Gasteiger partial charge in [0.25, 0.3) is 0 Å². The number of benzene rings is 4. The summed E-state index contributed by atoms with van der Waals surface area (Å²) in [6.07, 6.45) is 4.15. The molecule has 4 aromatic carbocycles. The Bertz CT molecular complexity index is 1970. The minimum Gasteiger partial charge on any atom is -0.437 e. The number of ether oxygens (including phenoxy) is 1. The fourth-order valence-corrected chi connectivity index (χ4v) is 5.44. The van der Waals surface area contributed by atoms with Crippen molar-refractivity contribution in [2.24, 2.45) is 21.0 Å². The summed E-state index contributed by atoms with van der Waals surface area (Å²) in [5, 5.41) is 14.7. The lowest BCUT2D eigenvalue weighted by atomic mass is 9.95. The van der Waals surface area contributed by atoms with Crippen molar-refractivity contribution in [2.45, 2.75) is 6.10 Å². The number of nitrogens with two attached hydrogens (primary N) is 1. The number of azo groups is 1. The highest BCUT2D eigenvalue weighted by Crippen LogP contribution is 2.35. The fraction of sp³-hybridized carbons (Fsp3) is 0.103. The van der Waals surface area contributed by atoms with Gasteiger partial charge in [0, 0.05) is 75.3 Å². The molecule has 3 heterocycles.